The number of rotatable bonds is 5. The molecule has 1 aromatic rings. The summed E-state index contributed by atoms with van der Waals surface area (Å²) >= 11 is 1.80. The highest BCUT2D eigenvalue weighted by Crippen LogP contribution is 2.41. The molecule has 1 aliphatic carbocycles. The summed E-state index contributed by atoms with van der Waals surface area (Å²) in [6, 6.07) is 7.36. The van der Waals surface area contributed by atoms with Crippen molar-refractivity contribution in [2.45, 2.75) is 63.8 Å². The van der Waals surface area contributed by atoms with Crippen molar-refractivity contribution in [1.29, 1.82) is 0 Å². The monoisotopic (exact) mass is 374 g/mol. The fraction of sp³-hybridized carbons (Fsp3) is 0.619. The normalized spacial score (nSPS) is 23.8. The van der Waals surface area contributed by atoms with Crippen LogP contribution in [-0.4, -0.2) is 40.4 Å². The van der Waals surface area contributed by atoms with Crippen molar-refractivity contribution in [1.82, 2.24) is 10.2 Å². The summed E-state index contributed by atoms with van der Waals surface area (Å²) in [5.41, 5.74) is 1.82. The van der Waals surface area contributed by atoms with Crippen molar-refractivity contribution in [3.63, 3.8) is 0 Å². The van der Waals surface area contributed by atoms with Crippen LogP contribution in [0.5, 0.6) is 0 Å². The summed E-state index contributed by atoms with van der Waals surface area (Å²) in [6.07, 6.45) is 7.00. The molecule has 2 aliphatic rings. The molecule has 1 N–H and O–H groups in total. The predicted molar refractivity (Wildman–Crippen MR) is 107 cm³/mol. The summed E-state index contributed by atoms with van der Waals surface area (Å²) in [5.74, 6) is 1.21. The Labute approximate surface area is 161 Å². The van der Waals surface area contributed by atoms with E-state index in [1.54, 1.807) is 11.8 Å². The number of aryl methyl sites for hydroxylation is 1. The van der Waals surface area contributed by atoms with Gasteiger partial charge in [0.25, 0.3) is 5.91 Å². The molecule has 0 aromatic heterocycles. The van der Waals surface area contributed by atoms with Crippen molar-refractivity contribution in [2.75, 3.05) is 12.3 Å². The number of nitrogens with one attached hydrogen (secondary N) is 1. The molecule has 2 fully saturated rings. The minimum atomic E-state index is -0.354. The molecule has 1 saturated heterocycles. The Balaban J connectivity index is 1.84. The molecule has 1 aromatic carbocycles. The van der Waals surface area contributed by atoms with Gasteiger partial charge in [0.05, 0.1) is 5.37 Å². The van der Waals surface area contributed by atoms with Crippen LogP contribution in [0.25, 0.3) is 0 Å². The van der Waals surface area contributed by atoms with E-state index < -0.39 is 0 Å². The van der Waals surface area contributed by atoms with Crippen LogP contribution in [0, 0.1) is 12.8 Å². The molecular weight excluding hydrogens is 344 g/mol. The first kappa shape index (κ1) is 19.3. The summed E-state index contributed by atoms with van der Waals surface area (Å²) in [5, 5.41) is 3.12. The highest BCUT2D eigenvalue weighted by atomic mass is 32.2. The van der Waals surface area contributed by atoms with Crippen LogP contribution in [-0.2, 0) is 4.79 Å². The van der Waals surface area contributed by atoms with Gasteiger partial charge in [0.1, 0.15) is 6.04 Å². The smallest absolute Gasteiger partial charge is 0.255 e. The highest BCUT2D eigenvalue weighted by molar-refractivity contribution is 8.00. The fourth-order valence-electron chi connectivity index (χ4n) is 3.98. The Morgan fingerprint density at radius 2 is 1.85 bits per heavy atom. The number of hydrogen-bond acceptors (Lipinski definition) is 3. The lowest BCUT2D eigenvalue weighted by atomic mass is 9.88. The Morgan fingerprint density at radius 3 is 2.50 bits per heavy atom. The molecule has 0 unspecified atom stereocenters. The van der Waals surface area contributed by atoms with E-state index in [1.165, 1.54) is 32.1 Å². The van der Waals surface area contributed by atoms with Crippen LogP contribution in [0.2, 0.25) is 0 Å². The summed E-state index contributed by atoms with van der Waals surface area (Å²) in [4.78, 5) is 27.9. The standard InChI is InChI=1S/C21H30N2O2S/c1-3-13-22-19(24)18-14-26-21(17-7-5-4-6-8-17)23(18)20(25)16-11-9-15(2)10-12-16/h9-12,17-18,21H,3-8,13-14H2,1-2H3,(H,22,24)/t18-,21-/m1/s1. The quantitative estimate of drug-likeness (QED) is 0.848. The Bertz CT molecular complexity index is 625. The van der Waals surface area contributed by atoms with E-state index >= 15 is 0 Å². The van der Waals surface area contributed by atoms with Gasteiger partial charge < -0.3 is 10.2 Å². The molecular formula is C21H30N2O2S. The maximum atomic E-state index is 13.3. The van der Waals surface area contributed by atoms with E-state index in [-0.39, 0.29) is 23.2 Å². The van der Waals surface area contributed by atoms with Crippen LogP contribution in [0.4, 0.5) is 0 Å². The Kier molecular flexibility index (Phi) is 6.63. The predicted octanol–water partition coefficient (Wildman–Crippen LogP) is 3.99. The van der Waals surface area contributed by atoms with Crippen molar-refractivity contribution < 1.29 is 9.59 Å². The molecule has 3 rings (SSSR count). The van der Waals surface area contributed by atoms with E-state index in [0.29, 0.717) is 23.8 Å². The average Bonchev–Trinajstić information content (AvgIpc) is 3.12. The molecule has 26 heavy (non-hydrogen) atoms. The molecule has 0 radical (unpaired) electrons. The third-order valence-corrected chi connectivity index (χ3v) is 6.93. The van der Waals surface area contributed by atoms with Gasteiger partial charge in [-0.25, -0.2) is 0 Å². The third kappa shape index (κ3) is 4.25. The van der Waals surface area contributed by atoms with Crippen LogP contribution in [0.3, 0.4) is 0 Å². The maximum absolute atomic E-state index is 13.3. The third-order valence-electron chi connectivity index (χ3n) is 5.47. The molecule has 1 heterocycles. The van der Waals surface area contributed by atoms with E-state index in [0.717, 1.165) is 12.0 Å². The van der Waals surface area contributed by atoms with Gasteiger partial charge in [0.15, 0.2) is 0 Å². The van der Waals surface area contributed by atoms with E-state index in [2.05, 4.69) is 5.32 Å². The van der Waals surface area contributed by atoms with Gasteiger partial charge in [-0.15, -0.1) is 11.8 Å². The largest absolute Gasteiger partial charge is 0.354 e. The molecule has 0 bridgehead atoms. The first-order chi connectivity index (χ1) is 12.6. The van der Waals surface area contributed by atoms with Gasteiger partial charge in [-0.1, -0.05) is 43.9 Å². The van der Waals surface area contributed by atoms with Gasteiger partial charge in [0, 0.05) is 17.9 Å². The van der Waals surface area contributed by atoms with Gasteiger partial charge in [-0.2, -0.15) is 0 Å². The molecule has 2 amide bonds. The number of hydrogen-bond donors (Lipinski definition) is 1. The second kappa shape index (κ2) is 8.94. The molecule has 1 saturated carbocycles. The molecule has 2 atom stereocenters. The zero-order chi connectivity index (χ0) is 18.5. The lowest BCUT2D eigenvalue weighted by Crippen LogP contribution is -2.51. The van der Waals surface area contributed by atoms with Crippen LogP contribution >= 0.6 is 11.8 Å². The topological polar surface area (TPSA) is 49.4 Å². The number of thioether (sulfide) groups is 1. The number of nitrogens with zero attached hydrogens (tertiary/aromatic N) is 1. The van der Waals surface area contributed by atoms with Gasteiger partial charge in [0.2, 0.25) is 5.91 Å². The second-order valence-electron chi connectivity index (χ2n) is 7.51. The lowest BCUT2D eigenvalue weighted by molar-refractivity contribution is -0.125. The minimum Gasteiger partial charge on any atom is -0.354 e. The zero-order valence-corrected chi connectivity index (χ0v) is 16.7. The number of carbonyl (C=O) groups excluding carboxylic acids is 2. The zero-order valence-electron chi connectivity index (χ0n) is 15.9. The summed E-state index contributed by atoms with van der Waals surface area (Å²) < 4.78 is 0. The van der Waals surface area contributed by atoms with Crippen molar-refractivity contribution in [3.8, 4) is 0 Å². The van der Waals surface area contributed by atoms with Crippen molar-refractivity contribution in [2.24, 2.45) is 5.92 Å². The first-order valence-corrected chi connectivity index (χ1v) is 11.0. The summed E-state index contributed by atoms with van der Waals surface area (Å²) in [6.45, 7) is 4.73. The molecule has 5 heteroatoms. The molecule has 142 valence electrons. The Morgan fingerprint density at radius 1 is 1.15 bits per heavy atom. The van der Waals surface area contributed by atoms with Gasteiger partial charge in [-0.05, 0) is 44.2 Å². The van der Waals surface area contributed by atoms with Gasteiger partial charge in [-0.3, -0.25) is 9.59 Å². The minimum absolute atomic E-state index is 0.00174. The SMILES string of the molecule is CCCNC(=O)[C@H]1CS[C@H](C2CCCCC2)N1C(=O)c1ccc(C)cc1. The Hall–Kier alpha value is -1.49. The van der Waals surface area contributed by atoms with Crippen LogP contribution in [0.15, 0.2) is 24.3 Å². The van der Waals surface area contributed by atoms with Crippen LogP contribution < -0.4 is 5.32 Å². The molecule has 4 nitrogen and oxygen atoms in total. The second-order valence-corrected chi connectivity index (χ2v) is 8.66. The number of benzene rings is 1. The lowest BCUT2D eigenvalue weighted by Gasteiger charge is -2.35. The number of carbonyl (C=O) groups is 2. The van der Waals surface area contributed by atoms with Crippen molar-refractivity contribution in [3.05, 3.63) is 35.4 Å². The van der Waals surface area contributed by atoms with E-state index in [9.17, 15) is 9.59 Å². The molecule has 0 spiro atoms. The highest BCUT2D eigenvalue weighted by Gasteiger charge is 2.44. The average molecular weight is 375 g/mol. The van der Waals surface area contributed by atoms with E-state index in [4.69, 9.17) is 0 Å². The van der Waals surface area contributed by atoms with E-state index in [1.807, 2.05) is 43.0 Å². The van der Waals surface area contributed by atoms with Crippen LogP contribution in [0.1, 0.15) is 61.4 Å². The van der Waals surface area contributed by atoms with Crippen molar-refractivity contribution >= 4 is 23.6 Å². The molecule has 1 aliphatic heterocycles. The van der Waals surface area contributed by atoms with Gasteiger partial charge >= 0.3 is 0 Å². The maximum Gasteiger partial charge on any atom is 0.255 e. The number of amides is 2. The first-order valence-electron chi connectivity index (χ1n) is 9.90. The fourth-order valence-corrected chi connectivity index (χ4v) is 5.62. The summed E-state index contributed by atoms with van der Waals surface area (Å²) in [7, 11) is 0.